The maximum absolute atomic E-state index is 5.55. The number of nitrogens with two attached hydrogens (primary N) is 1. The molecule has 3 nitrogen and oxygen atoms in total. The van der Waals surface area contributed by atoms with E-state index in [9.17, 15) is 0 Å². The van der Waals surface area contributed by atoms with Crippen LogP contribution in [0, 0.1) is 0 Å². The van der Waals surface area contributed by atoms with Crippen molar-refractivity contribution in [1.82, 2.24) is 10.2 Å². The van der Waals surface area contributed by atoms with E-state index in [1.807, 2.05) is 0 Å². The fourth-order valence-corrected chi connectivity index (χ4v) is 3.78. The molecule has 0 fully saturated rings. The lowest BCUT2D eigenvalue weighted by atomic mass is 10.1. The second-order valence-electron chi connectivity index (χ2n) is 8.03. The predicted molar refractivity (Wildman–Crippen MR) is 117 cm³/mol. The molecule has 0 unspecified atom stereocenters. The third kappa shape index (κ3) is 15.8. The average molecular weight is 366 g/mol. The molecule has 3 N–H and O–H groups in total. The van der Waals surface area contributed by atoms with Gasteiger partial charge in [-0.05, 0) is 90.6 Å². The molecular formula is C23H47N3. The van der Waals surface area contributed by atoms with Crippen LogP contribution in [0.2, 0.25) is 0 Å². The molecule has 0 spiro atoms. The van der Waals surface area contributed by atoms with Gasteiger partial charge in [-0.2, -0.15) is 0 Å². The molecular weight excluding hydrogens is 318 g/mol. The molecule has 0 saturated carbocycles. The fourth-order valence-electron chi connectivity index (χ4n) is 3.78. The predicted octanol–water partition coefficient (Wildman–Crippen LogP) is 5.26. The Morgan fingerprint density at radius 3 is 1.73 bits per heavy atom. The van der Waals surface area contributed by atoms with Gasteiger partial charge in [-0.1, -0.05) is 57.1 Å². The van der Waals surface area contributed by atoms with Crippen LogP contribution in [0.4, 0.5) is 0 Å². The SMILES string of the molecule is NCCCNCCCN1CCCCCC/C=C\CCCCCCCCC1. The van der Waals surface area contributed by atoms with E-state index in [1.165, 1.54) is 110 Å². The van der Waals surface area contributed by atoms with Gasteiger partial charge >= 0.3 is 0 Å². The lowest BCUT2D eigenvalue weighted by molar-refractivity contribution is 0.256. The molecule has 0 atom stereocenters. The molecule has 0 bridgehead atoms. The summed E-state index contributed by atoms with van der Waals surface area (Å²) in [7, 11) is 0. The van der Waals surface area contributed by atoms with Gasteiger partial charge in [-0.3, -0.25) is 0 Å². The van der Waals surface area contributed by atoms with Crippen LogP contribution in [-0.2, 0) is 0 Å². The molecule has 0 saturated heterocycles. The van der Waals surface area contributed by atoms with Crippen molar-refractivity contribution in [3.63, 3.8) is 0 Å². The lowest BCUT2D eigenvalue weighted by Gasteiger charge is -2.22. The van der Waals surface area contributed by atoms with Crippen LogP contribution >= 0.6 is 0 Å². The van der Waals surface area contributed by atoms with Crippen molar-refractivity contribution in [3.05, 3.63) is 12.2 Å². The number of hydrogen-bond donors (Lipinski definition) is 2. The van der Waals surface area contributed by atoms with E-state index >= 15 is 0 Å². The molecule has 0 aliphatic carbocycles. The van der Waals surface area contributed by atoms with E-state index in [4.69, 9.17) is 5.73 Å². The summed E-state index contributed by atoms with van der Waals surface area (Å²) in [5.74, 6) is 0. The van der Waals surface area contributed by atoms with Gasteiger partial charge < -0.3 is 16.0 Å². The van der Waals surface area contributed by atoms with Crippen molar-refractivity contribution in [2.75, 3.05) is 39.3 Å². The standard InChI is InChI=1S/C23H47N3/c24-18-16-19-25-20-17-23-26-21-14-12-10-8-6-4-2-1-3-5-7-9-11-13-15-22-26/h2,4,25H,1,3,5-24H2/b4-2-. The minimum Gasteiger partial charge on any atom is -0.330 e. The quantitative estimate of drug-likeness (QED) is 0.478. The van der Waals surface area contributed by atoms with E-state index in [0.29, 0.717) is 0 Å². The minimum absolute atomic E-state index is 0.801. The van der Waals surface area contributed by atoms with E-state index in [-0.39, 0.29) is 0 Å². The smallest absolute Gasteiger partial charge is 0.000664 e. The van der Waals surface area contributed by atoms with Crippen molar-refractivity contribution in [2.24, 2.45) is 5.73 Å². The van der Waals surface area contributed by atoms with E-state index < -0.39 is 0 Å². The summed E-state index contributed by atoms with van der Waals surface area (Å²) in [6.45, 7) is 6.89. The normalized spacial score (nSPS) is 21.7. The highest BCUT2D eigenvalue weighted by atomic mass is 15.1. The van der Waals surface area contributed by atoms with Crippen LogP contribution in [0.5, 0.6) is 0 Å². The summed E-state index contributed by atoms with van der Waals surface area (Å²) >= 11 is 0. The summed E-state index contributed by atoms with van der Waals surface area (Å²) < 4.78 is 0. The molecule has 0 aromatic rings. The van der Waals surface area contributed by atoms with Crippen molar-refractivity contribution in [3.8, 4) is 0 Å². The number of hydrogen-bond acceptors (Lipinski definition) is 3. The molecule has 154 valence electrons. The first-order valence-electron chi connectivity index (χ1n) is 11.7. The van der Waals surface area contributed by atoms with Crippen LogP contribution in [0.25, 0.3) is 0 Å². The van der Waals surface area contributed by atoms with Gasteiger partial charge in [-0.15, -0.1) is 0 Å². The van der Waals surface area contributed by atoms with Gasteiger partial charge in [0.15, 0.2) is 0 Å². The second kappa shape index (κ2) is 19.4. The van der Waals surface area contributed by atoms with Crippen LogP contribution in [0.1, 0.15) is 96.3 Å². The zero-order valence-corrected chi connectivity index (χ0v) is 17.5. The number of allylic oxidation sites excluding steroid dienone is 2. The van der Waals surface area contributed by atoms with Crippen molar-refractivity contribution >= 4 is 0 Å². The Morgan fingerprint density at radius 1 is 0.654 bits per heavy atom. The zero-order valence-electron chi connectivity index (χ0n) is 17.5. The third-order valence-electron chi connectivity index (χ3n) is 5.49. The molecule has 26 heavy (non-hydrogen) atoms. The lowest BCUT2D eigenvalue weighted by Crippen LogP contribution is -2.30. The topological polar surface area (TPSA) is 41.3 Å². The molecule has 3 heteroatoms. The zero-order chi connectivity index (χ0) is 18.5. The first-order chi connectivity index (χ1) is 12.9. The first-order valence-corrected chi connectivity index (χ1v) is 11.7. The van der Waals surface area contributed by atoms with Crippen molar-refractivity contribution in [1.29, 1.82) is 0 Å². The summed E-state index contributed by atoms with van der Waals surface area (Å²) in [4.78, 5) is 2.73. The molecule has 1 rings (SSSR count). The highest BCUT2D eigenvalue weighted by molar-refractivity contribution is 4.81. The van der Waals surface area contributed by atoms with Crippen LogP contribution < -0.4 is 11.1 Å². The van der Waals surface area contributed by atoms with Gasteiger partial charge in [0.25, 0.3) is 0 Å². The number of nitrogens with zero attached hydrogens (tertiary/aromatic N) is 1. The Morgan fingerprint density at radius 2 is 1.15 bits per heavy atom. The first kappa shape index (κ1) is 23.7. The van der Waals surface area contributed by atoms with Crippen LogP contribution in [0.3, 0.4) is 0 Å². The summed E-state index contributed by atoms with van der Waals surface area (Å²) in [6, 6.07) is 0. The molecule has 1 aliphatic rings. The van der Waals surface area contributed by atoms with Gasteiger partial charge in [0.2, 0.25) is 0 Å². The van der Waals surface area contributed by atoms with E-state index in [0.717, 1.165) is 26.1 Å². The van der Waals surface area contributed by atoms with Gasteiger partial charge in [0, 0.05) is 0 Å². The summed E-state index contributed by atoms with van der Waals surface area (Å²) in [6.07, 6.45) is 25.3. The number of rotatable bonds is 7. The molecule has 1 heterocycles. The Labute approximate surface area is 164 Å². The highest BCUT2D eigenvalue weighted by Crippen LogP contribution is 2.12. The van der Waals surface area contributed by atoms with Crippen molar-refractivity contribution in [2.45, 2.75) is 96.3 Å². The largest absolute Gasteiger partial charge is 0.330 e. The van der Waals surface area contributed by atoms with Gasteiger partial charge in [0.05, 0.1) is 0 Å². The van der Waals surface area contributed by atoms with Crippen LogP contribution in [-0.4, -0.2) is 44.2 Å². The third-order valence-corrected chi connectivity index (χ3v) is 5.49. The molecule has 1 aliphatic heterocycles. The Hall–Kier alpha value is -0.380. The van der Waals surface area contributed by atoms with E-state index in [2.05, 4.69) is 22.4 Å². The molecule has 0 aromatic carbocycles. The van der Waals surface area contributed by atoms with Crippen LogP contribution in [0.15, 0.2) is 12.2 Å². The van der Waals surface area contributed by atoms with Gasteiger partial charge in [-0.25, -0.2) is 0 Å². The van der Waals surface area contributed by atoms with Gasteiger partial charge in [0.1, 0.15) is 0 Å². The maximum atomic E-state index is 5.55. The molecule has 0 amide bonds. The average Bonchev–Trinajstić information content (AvgIpc) is 2.65. The highest BCUT2D eigenvalue weighted by Gasteiger charge is 2.05. The molecule has 0 aromatic heterocycles. The maximum Gasteiger partial charge on any atom is -0.000664 e. The second-order valence-corrected chi connectivity index (χ2v) is 8.03. The Kier molecular flexibility index (Phi) is 17.6. The Balaban J connectivity index is 2.22. The monoisotopic (exact) mass is 365 g/mol. The summed E-state index contributed by atoms with van der Waals surface area (Å²) in [5.41, 5.74) is 5.55. The fraction of sp³-hybridized carbons (Fsp3) is 0.913. The Bertz CT molecular complexity index is 304. The number of nitrogens with one attached hydrogen (secondary N) is 1. The molecule has 0 radical (unpaired) electrons. The van der Waals surface area contributed by atoms with Crippen molar-refractivity contribution < 1.29 is 0 Å². The van der Waals surface area contributed by atoms with E-state index in [1.54, 1.807) is 0 Å². The minimum atomic E-state index is 0.801. The summed E-state index contributed by atoms with van der Waals surface area (Å²) in [5, 5.41) is 3.52.